The maximum Gasteiger partial charge on any atom is 0.257 e. The standard InChI is InChI=1S/C17H16FN3O/c1-13-6-7-16(18)15(11-13)17(22)21(10-4-8-19)12-14-5-2-3-9-20-14/h2-3,5-7,9,11H,4,10,12H2,1H3. The van der Waals surface area contributed by atoms with E-state index in [9.17, 15) is 9.18 Å². The van der Waals surface area contributed by atoms with Gasteiger partial charge in [0.15, 0.2) is 0 Å². The van der Waals surface area contributed by atoms with Crippen LogP contribution in [0.3, 0.4) is 0 Å². The van der Waals surface area contributed by atoms with Crippen LogP contribution < -0.4 is 0 Å². The van der Waals surface area contributed by atoms with Crippen molar-refractivity contribution in [1.82, 2.24) is 9.88 Å². The molecule has 22 heavy (non-hydrogen) atoms. The molecular formula is C17H16FN3O. The molecule has 2 aromatic rings. The summed E-state index contributed by atoms with van der Waals surface area (Å²) in [4.78, 5) is 18.2. The predicted molar refractivity (Wildman–Crippen MR) is 80.3 cm³/mol. The van der Waals surface area contributed by atoms with E-state index in [0.717, 1.165) is 5.56 Å². The number of aryl methyl sites for hydroxylation is 1. The number of carbonyl (C=O) groups is 1. The first-order valence-electron chi connectivity index (χ1n) is 6.94. The van der Waals surface area contributed by atoms with Crippen LogP contribution in [0.1, 0.15) is 28.0 Å². The SMILES string of the molecule is Cc1ccc(F)c(C(=O)N(CCC#N)Cc2ccccn2)c1. The smallest absolute Gasteiger partial charge is 0.257 e. The molecule has 0 aliphatic rings. The molecule has 0 aliphatic carbocycles. The maximum absolute atomic E-state index is 13.9. The third-order valence-electron chi connectivity index (χ3n) is 3.21. The van der Waals surface area contributed by atoms with E-state index in [4.69, 9.17) is 5.26 Å². The average Bonchev–Trinajstić information content (AvgIpc) is 2.54. The van der Waals surface area contributed by atoms with Crippen LogP contribution in [-0.4, -0.2) is 22.3 Å². The zero-order valence-electron chi connectivity index (χ0n) is 12.3. The van der Waals surface area contributed by atoms with Gasteiger partial charge in [0.1, 0.15) is 5.82 Å². The lowest BCUT2D eigenvalue weighted by Gasteiger charge is -2.21. The molecule has 112 valence electrons. The Morgan fingerprint density at radius 3 is 2.86 bits per heavy atom. The summed E-state index contributed by atoms with van der Waals surface area (Å²) in [6.07, 6.45) is 1.82. The first-order valence-corrected chi connectivity index (χ1v) is 6.94. The molecule has 0 saturated heterocycles. The summed E-state index contributed by atoms with van der Waals surface area (Å²) in [6.45, 7) is 2.28. The van der Waals surface area contributed by atoms with Gasteiger partial charge in [0.2, 0.25) is 0 Å². The van der Waals surface area contributed by atoms with Gasteiger partial charge in [0.05, 0.1) is 30.3 Å². The summed E-state index contributed by atoms with van der Waals surface area (Å²) in [5.41, 5.74) is 1.53. The number of nitriles is 1. The fourth-order valence-corrected chi connectivity index (χ4v) is 2.10. The Morgan fingerprint density at radius 1 is 1.36 bits per heavy atom. The fraction of sp³-hybridized carbons (Fsp3) is 0.235. The van der Waals surface area contributed by atoms with Crippen LogP contribution in [0, 0.1) is 24.1 Å². The molecule has 0 N–H and O–H groups in total. The quantitative estimate of drug-likeness (QED) is 0.852. The monoisotopic (exact) mass is 297 g/mol. The molecule has 0 bridgehead atoms. The molecule has 0 saturated carbocycles. The van der Waals surface area contributed by atoms with Gasteiger partial charge >= 0.3 is 0 Å². The lowest BCUT2D eigenvalue weighted by molar-refractivity contribution is 0.0740. The molecule has 0 spiro atoms. The lowest BCUT2D eigenvalue weighted by Crippen LogP contribution is -2.32. The highest BCUT2D eigenvalue weighted by atomic mass is 19.1. The first-order chi connectivity index (χ1) is 10.6. The highest BCUT2D eigenvalue weighted by molar-refractivity contribution is 5.94. The highest BCUT2D eigenvalue weighted by Gasteiger charge is 2.20. The lowest BCUT2D eigenvalue weighted by atomic mass is 10.1. The van der Waals surface area contributed by atoms with Gasteiger partial charge in [-0.2, -0.15) is 5.26 Å². The van der Waals surface area contributed by atoms with Gasteiger partial charge in [-0.05, 0) is 31.2 Å². The molecule has 1 heterocycles. The van der Waals surface area contributed by atoms with Crippen LogP contribution >= 0.6 is 0 Å². The largest absolute Gasteiger partial charge is 0.332 e. The van der Waals surface area contributed by atoms with Crippen molar-refractivity contribution in [3.05, 3.63) is 65.2 Å². The van der Waals surface area contributed by atoms with Crippen molar-refractivity contribution in [3.63, 3.8) is 0 Å². The van der Waals surface area contributed by atoms with E-state index in [2.05, 4.69) is 4.98 Å². The van der Waals surface area contributed by atoms with Crippen molar-refractivity contribution in [1.29, 1.82) is 5.26 Å². The van der Waals surface area contributed by atoms with Crippen molar-refractivity contribution < 1.29 is 9.18 Å². The Bertz CT molecular complexity index is 695. The topological polar surface area (TPSA) is 57.0 Å². The highest BCUT2D eigenvalue weighted by Crippen LogP contribution is 2.15. The number of carbonyl (C=O) groups excluding carboxylic acids is 1. The van der Waals surface area contributed by atoms with Crippen molar-refractivity contribution in [3.8, 4) is 6.07 Å². The van der Waals surface area contributed by atoms with E-state index in [0.29, 0.717) is 5.69 Å². The molecule has 0 fully saturated rings. The Hall–Kier alpha value is -2.74. The van der Waals surface area contributed by atoms with E-state index < -0.39 is 11.7 Å². The third kappa shape index (κ3) is 3.89. The number of hydrogen-bond acceptors (Lipinski definition) is 3. The minimum Gasteiger partial charge on any atom is -0.332 e. The molecule has 2 rings (SSSR count). The normalized spacial score (nSPS) is 10.0. The zero-order chi connectivity index (χ0) is 15.9. The van der Waals surface area contributed by atoms with Crippen LogP contribution in [0.5, 0.6) is 0 Å². The summed E-state index contributed by atoms with van der Waals surface area (Å²) in [6, 6.07) is 11.8. The minimum absolute atomic E-state index is 0.0221. The summed E-state index contributed by atoms with van der Waals surface area (Å²) in [5, 5.41) is 8.75. The second kappa shape index (κ2) is 7.32. The van der Waals surface area contributed by atoms with Gasteiger partial charge in [0.25, 0.3) is 5.91 Å². The van der Waals surface area contributed by atoms with E-state index in [1.54, 1.807) is 31.3 Å². The van der Waals surface area contributed by atoms with Crippen LogP contribution in [0.2, 0.25) is 0 Å². The number of pyridine rings is 1. The number of hydrogen-bond donors (Lipinski definition) is 0. The van der Waals surface area contributed by atoms with Crippen molar-refractivity contribution in [2.45, 2.75) is 19.9 Å². The Morgan fingerprint density at radius 2 is 2.18 bits per heavy atom. The van der Waals surface area contributed by atoms with Gasteiger partial charge in [-0.3, -0.25) is 9.78 Å². The second-order valence-corrected chi connectivity index (χ2v) is 4.94. The molecule has 1 aromatic carbocycles. The van der Waals surface area contributed by atoms with Crippen LogP contribution in [0.25, 0.3) is 0 Å². The number of amides is 1. The summed E-state index contributed by atoms with van der Waals surface area (Å²) >= 11 is 0. The Labute approximate surface area is 128 Å². The third-order valence-corrected chi connectivity index (χ3v) is 3.21. The summed E-state index contributed by atoms with van der Waals surface area (Å²) < 4.78 is 13.9. The van der Waals surface area contributed by atoms with Crippen LogP contribution in [0.4, 0.5) is 4.39 Å². The van der Waals surface area contributed by atoms with Gasteiger partial charge in [-0.15, -0.1) is 0 Å². The molecule has 0 atom stereocenters. The number of benzene rings is 1. The molecule has 1 aromatic heterocycles. The van der Waals surface area contributed by atoms with Gasteiger partial charge in [0, 0.05) is 12.7 Å². The number of nitrogens with zero attached hydrogens (tertiary/aromatic N) is 3. The van der Waals surface area contributed by atoms with E-state index in [-0.39, 0.29) is 25.1 Å². The fourth-order valence-electron chi connectivity index (χ4n) is 2.10. The van der Waals surface area contributed by atoms with Gasteiger partial charge in [-0.25, -0.2) is 4.39 Å². The molecule has 4 nitrogen and oxygen atoms in total. The Kier molecular flexibility index (Phi) is 5.21. The molecule has 0 unspecified atom stereocenters. The van der Waals surface area contributed by atoms with Gasteiger partial charge in [-0.1, -0.05) is 17.7 Å². The predicted octanol–water partition coefficient (Wildman–Crippen LogP) is 3.09. The van der Waals surface area contributed by atoms with Gasteiger partial charge < -0.3 is 4.90 Å². The number of rotatable bonds is 5. The van der Waals surface area contributed by atoms with Crippen molar-refractivity contribution >= 4 is 5.91 Å². The molecular weight excluding hydrogens is 281 g/mol. The molecule has 5 heteroatoms. The minimum atomic E-state index is -0.557. The summed E-state index contributed by atoms with van der Waals surface area (Å²) in [5.74, 6) is -0.985. The average molecular weight is 297 g/mol. The van der Waals surface area contributed by atoms with E-state index >= 15 is 0 Å². The Balaban J connectivity index is 2.26. The first kappa shape index (κ1) is 15.6. The van der Waals surface area contributed by atoms with E-state index in [1.807, 2.05) is 12.1 Å². The zero-order valence-corrected chi connectivity index (χ0v) is 12.3. The van der Waals surface area contributed by atoms with Crippen molar-refractivity contribution in [2.75, 3.05) is 6.54 Å². The van der Waals surface area contributed by atoms with Crippen LogP contribution in [-0.2, 0) is 6.54 Å². The summed E-state index contributed by atoms with van der Waals surface area (Å²) in [7, 11) is 0. The molecule has 1 amide bonds. The van der Waals surface area contributed by atoms with E-state index in [1.165, 1.54) is 17.0 Å². The van der Waals surface area contributed by atoms with Crippen molar-refractivity contribution in [2.24, 2.45) is 0 Å². The maximum atomic E-state index is 13.9. The number of aromatic nitrogens is 1. The molecule has 0 aliphatic heterocycles. The second-order valence-electron chi connectivity index (χ2n) is 4.94. The van der Waals surface area contributed by atoms with Crippen LogP contribution in [0.15, 0.2) is 42.6 Å². The number of halogens is 1. The molecule has 0 radical (unpaired) electrons.